The van der Waals surface area contributed by atoms with Crippen molar-refractivity contribution in [2.24, 2.45) is 23.5 Å². The second kappa shape index (κ2) is 5.76. The quantitative estimate of drug-likeness (QED) is 0.821. The number of hydrogen-bond acceptors (Lipinski definition) is 1. The molecule has 0 saturated heterocycles. The van der Waals surface area contributed by atoms with Gasteiger partial charge in [-0.3, -0.25) is 0 Å². The molecule has 0 aliphatic heterocycles. The van der Waals surface area contributed by atoms with Gasteiger partial charge < -0.3 is 5.73 Å². The minimum absolute atomic E-state index is 0.000648. The van der Waals surface area contributed by atoms with Gasteiger partial charge in [-0.15, -0.1) is 0 Å². The molecule has 0 aromatic heterocycles. The van der Waals surface area contributed by atoms with E-state index in [-0.39, 0.29) is 11.9 Å². The van der Waals surface area contributed by atoms with E-state index in [4.69, 9.17) is 5.73 Å². The highest BCUT2D eigenvalue weighted by Gasteiger charge is 2.29. The molecule has 3 rings (SSSR count). The van der Waals surface area contributed by atoms with E-state index in [0.717, 1.165) is 22.8 Å². The van der Waals surface area contributed by atoms with Gasteiger partial charge in [0.05, 0.1) is 0 Å². The van der Waals surface area contributed by atoms with Crippen molar-refractivity contribution in [2.75, 3.05) is 0 Å². The van der Waals surface area contributed by atoms with E-state index in [1.54, 1.807) is 6.07 Å². The Labute approximate surface area is 126 Å². The Morgan fingerprint density at radius 2 is 1.57 bits per heavy atom. The third-order valence-corrected chi connectivity index (χ3v) is 4.99. The summed E-state index contributed by atoms with van der Waals surface area (Å²) in [6, 6.07) is 11.1. The van der Waals surface area contributed by atoms with Gasteiger partial charge in [-0.25, -0.2) is 4.39 Å². The van der Waals surface area contributed by atoms with Gasteiger partial charge >= 0.3 is 0 Å². The zero-order valence-corrected chi connectivity index (χ0v) is 12.9. The molecule has 2 heteroatoms. The van der Waals surface area contributed by atoms with Gasteiger partial charge in [0.2, 0.25) is 0 Å². The van der Waals surface area contributed by atoms with E-state index in [1.165, 1.54) is 19.3 Å². The van der Waals surface area contributed by atoms with Gasteiger partial charge in [0, 0.05) is 11.4 Å². The Bertz CT molecular complexity index is 626. The first-order valence-electron chi connectivity index (χ1n) is 7.99. The molecule has 0 radical (unpaired) electrons. The van der Waals surface area contributed by atoms with E-state index in [9.17, 15) is 4.39 Å². The number of rotatable bonds is 2. The monoisotopic (exact) mass is 285 g/mol. The number of hydrogen-bond donors (Lipinski definition) is 1. The number of fused-ring (bicyclic) bond motifs is 1. The maximum absolute atomic E-state index is 14.0. The molecule has 1 aliphatic carbocycles. The largest absolute Gasteiger partial charge is 0.324 e. The highest BCUT2D eigenvalue weighted by Crippen LogP contribution is 2.40. The predicted molar refractivity (Wildman–Crippen MR) is 86.5 cm³/mol. The lowest BCUT2D eigenvalue weighted by Gasteiger charge is -2.35. The first-order chi connectivity index (χ1) is 10.1. The fourth-order valence-corrected chi connectivity index (χ4v) is 4.13. The molecule has 3 unspecified atom stereocenters. The minimum atomic E-state index is -0.160. The van der Waals surface area contributed by atoms with Crippen molar-refractivity contribution in [3.8, 4) is 0 Å². The van der Waals surface area contributed by atoms with Gasteiger partial charge in [0.1, 0.15) is 5.82 Å². The second-order valence-electron chi connectivity index (χ2n) is 6.89. The van der Waals surface area contributed by atoms with Crippen molar-refractivity contribution in [1.29, 1.82) is 0 Å². The van der Waals surface area contributed by atoms with Crippen LogP contribution in [0.3, 0.4) is 0 Å². The van der Waals surface area contributed by atoms with Crippen LogP contribution in [-0.4, -0.2) is 0 Å². The first kappa shape index (κ1) is 14.5. The summed E-state index contributed by atoms with van der Waals surface area (Å²) >= 11 is 0. The highest BCUT2D eigenvalue weighted by molar-refractivity contribution is 5.86. The molecule has 1 fully saturated rings. The zero-order chi connectivity index (χ0) is 15.0. The van der Waals surface area contributed by atoms with Crippen LogP contribution in [0.5, 0.6) is 0 Å². The fourth-order valence-electron chi connectivity index (χ4n) is 4.13. The molecular formula is C19H24FN. The van der Waals surface area contributed by atoms with E-state index in [0.29, 0.717) is 11.3 Å². The summed E-state index contributed by atoms with van der Waals surface area (Å²) in [5, 5.41) is 1.65. The van der Waals surface area contributed by atoms with Crippen molar-refractivity contribution in [1.82, 2.24) is 0 Å². The van der Waals surface area contributed by atoms with Gasteiger partial charge in [-0.1, -0.05) is 44.2 Å². The Balaban J connectivity index is 1.98. The molecule has 21 heavy (non-hydrogen) atoms. The maximum atomic E-state index is 14.0. The minimum Gasteiger partial charge on any atom is -0.324 e. The average molecular weight is 285 g/mol. The van der Waals surface area contributed by atoms with Crippen molar-refractivity contribution in [2.45, 2.75) is 39.2 Å². The summed E-state index contributed by atoms with van der Waals surface area (Å²) in [6.07, 6.45) is 3.65. The first-order valence-corrected chi connectivity index (χ1v) is 7.99. The summed E-state index contributed by atoms with van der Waals surface area (Å²) in [4.78, 5) is 0. The lowest BCUT2D eigenvalue weighted by atomic mass is 9.72. The van der Waals surface area contributed by atoms with E-state index in [2.05, 4.69) is 13.8 Å². The van der Waals surface area contributed by atoms with Crippen LogP contribution in [0.1, 0.15) is 44.7 Å². The van der Waals surface area contributed by atoms with E-state index < -0.39 is 0 Å². The number of nitrogens with two attached hydrogens (primary N) is 1. The third kappa shape index (κ3) is 2.82. The summed E-state index contributed by atoms with van der Waals surface area (Å²) in [7, 11) is 0. The molecule has 3 atom stereocenters. The van der Waals surface area contributed by atoms with Crippen LogP contribution in [0.25, 0.3) is 10.8 Å². The van der Waals surface area contributed by atoms with Crippen LogP contribution in [0.4, 0.5) is 4.39 Å². The van der Waals surface area contributed by atoms with E-state index in [1.807, 2.05) is 30.3 Å². The summed E-state index contributed by atoms with van der Waals surface area (Å²) in [5.41, 5.74) is 7.68. The zero-order valence-electron chi connectivity index (χ0n) is 12.9. The van der Waals surface area contributed by atoms with Crippen LogP contribution in [0.2, 0.25) is 0 Å². The maximum Gasteiger partial charge on any atom is 0.131 e. The van der Waals surface area contributed by atoms with Crippen molar-refractivity contribution in [3.05, 3.63) is 47.8 Å². The van der Waals surface area contributed by atoms with E-state index >= 15 is 0 Å². The van der Waals surface area contributed by atoms with Crippen LogP contribution >= 0.6 is 0 Å². The Kier molecular flexibility index (Phi) is 3.99. The second-order valence-corrected chi connectivity index (χ2v) is 6.89. The normalized spacial score (nSPS) is 27.7. The van der Waals surface area contributed by atoms with Gasteiger partial charge in [0.15, 0.2) is 0 Å². The summed E-state index contributed by atoms with van der Waals surface area (Å²) in [5.74, 6) is 1.80. The Morgan fingerprint density at radius 1 is 0.952 bits per heavy atom. The standard InChI is InChI=1S/C19H24FN/c1-12-9-13(2)11-14(10-12)19(21)17-7-8-18(20)16-6-4-3-5-15(16)17/h3-8,12-14,19H,9-11,21H2,1-2H3. The fraction of sp³-hybridized carbons (Fsp3) is 0.474. The molecule has 1 saturated carbocycles. The van der Waals surface area contributed by atoms with Gasteiger partial charge in [0.25, 0.3) is 0 Å². The van der Waals surface area contributed by atoms with Crippen LogP contribution in [-0.2, 0) is 0 Å². The highest BCUT2D eigenvalue weighted by atomic mass is 19.1. The predicted octanol–water partition coefficient (Wildman–Crippen LogP) is 5.05. The lowest BCUT2D eigenvalue weighted by molar-refractivity contribution is 0.194. The lowest BCUT2D eigenvalue weighted by Crippen LogP contribution is -2.29. The molecule has 0 amide bonds. The molecule has 2 aromatic carbocycles. The molecule has 1 aliphatic rings. The molecule has 2 N–H and O–H groups in total. The average Bonchev–Trinajstić information content (AvgIpc) is 2.46. The smallest absolute Gasteiger partial charge is 0.131 e. The van der Waals surface area contributed by atoms with Crippen molar-refractivity contribution >= 4 is 10.8 Å². The number of benzene rings is 2. The molecule has 2 aromatic rings. The van der Waals surface area contributed by atoms with Crippen LogP contribution < -0.4 is 5.73 Å². The van der Waals surface area contributed by atoms with Crippen LogP contribution in [0, 0.1) is 23.6 Å². The van der Waals surface area contributed by atoms with Crippen molar-refractivity contribution < 1.29 is 4.39 Å². The Morgan fingerprint density at radius 3 is 2.24 bits per heavy atom. The van der Waals surface area contributed by atoms with Gasteiger partial charge in [-0.2, -0.15) is 0 Å². The molecule has 1 nitrogen and oxygen atoms in total. The Hall–Kier alpha value is -1.41. The number of halogens is 1. The molecule has 0 heterocycles. The SMILES string of the molecule is CC1CC(C)CC(C(N)c2ccc(F)c3ccccc23)C1. The van der Waals surface area contributed by atoms with Crippen LogP contribution in [0.15, 0.2) is 36.4 Å². The molecular weight excluding hydrogens is 261 g/mol. The molecule has 0 spiro atoms. The third-order valence-electron chi connectivity index (χ3n) is 4.99. The topological polar surface area (TPSA) is 26.0 Å². The van der Waals surface area contributed by atoms with Crippen molar-refractivity contribution in [3.63, 3.8) is 0 Å². The molecule has 0 bridgehead atoms. The van der Waals surface area contributed by atoms with Gasteiger partial charge in [-0.05, 0) is 54.0 Å². The molecule has 112 valence electrons. The summed E-state index contributed by atoms with van der Waals surface area (Å²) in [6.45, 7) is 4.64. The summed E-state index contributed by atoms with van der Waals surface area (Å²) < 4.78 is 14.0.